The van der Waals surface area contributed by atoms with Crippen molar-refractivity contribution >= 4 is 5.91 Å². The van der Waals surface area contributed by atoms with Gasteiger partial charge in [-0.15, -0.1) is 0 Å². The van der Waals surface area contributed by atoms with Gasteiger partial charge in [-0.3, -0.25) is 4.79 Å². The van der Waals surface area contributed by atoms with Crippen LogP contribution in [0.2, 0.25) is 0 Å². The molecule has 1 amide bonds. The highest BCUT2D eigenvalue weighted by Gasteiger charge is 2.20. The molecule has 100 valence electrons. The van der Waals surface area contributed by atoms with Gasteiger partial charge in [0.1, 0.15) is 0 Å². The zero-order valence-electron chi connectivity index (χ0n) is 11.2. The van der Waals surface area contributed by atoms with Gasteiger partial charge in [0.15, 0.2) is 0 Å². The van der Waals surface area contributed by atoms with Crippen LogP contribution in [-0.2, 0) is 4.79 Å². The summed E-state index contributed by atoms with van der Waals surface area (Å²) in [6, 6.07) is 0.419. The highest BCUT2D eigenvalue weighted by atomic mass is 16.1. The van der Waals surface area contributed by atoms with Gasteiger partial charge < -0.3 is 11.1 Å². The van der Waals surface area contributed by atoms with Gasteiger partial charge in [0.25, 0.3) is 0 Å². The van der Waals surface area contributed by atoms with Crippen LogP contribution in [0.25, 0.3) is 0 Å². The molecule has 3 nitrogen and oxygen atoms in total. The molecule has 0 saturated heterocycles. The van der Waals surface area contributed by atoms with Gasteiger partial charge in [0, 0.05) is 6.04 Å². The molecule has 1 aliphatic rings. The molecule has 1 rings (SSSR count). The Morgan fingerprint density at radius 3 is 2.53 bits per heavy atom. The lowest BCUT2D eigenvalue weighted by Gasteiger charge is -2.27. The zero-order valence-corrected chi connectivity index (χ0v) is 11.2. The zero-order chi connectivity index (χ0) is 12.5. The van der Waals surface area contributed by atoms with Crippen LogP contribution in [0.5, 0.6) is 0 Å². The normalized spacial score (nSPS) is 19.1. The molecule has 0 aromatic heterocycles. The molecule has 3 heteroatoms. The fraction of sp³-hybridized carbons (Fsp3) is 0.929. The first-order chi connectivity index (χ1) is 8.24. The fourth-order valence-corrected chi connectivity index (χ4v) is 2.64. The van der Waals surface area contributed by atoms with Crippen LogP contribution in [0.15, 0.2) is 0 Å². The Kier molecular flexibility index (Phi) is 7.25. The fourth-order valence-electron chi connectivity index (χ4n) is 2.64. The minimum Gasteiger partial charge on any atom is -0.368 e. The number of carbonyl (C=O) groups is 1. The number of nitrogens with one attached hydrogen (secondary N) is 1. The summed E-state index contributed by atoms with van der Waals surface area (Å²) in [6.07, 6.45) is 12.1. The average molecular weight is 240 g/mol. The van der Waals surface area contributed by atoms with E-state index >= 15 is 0 Å². The molecule has 0 spiro atoms. The SMILES string of the molecule is CCCCCCC(NC1CCCCC1)C(N)=O. The standard InChI is InChI=1S/C14H28N2O/c1-2-3-4-8-11-13(14(15)17)16-12-9-6-5-7-10-12/h12-13,16H,2-11H2,1H3,(H2,15,17). The molecule has 0 heterocycles. The lowest BCUT2D eigenvalue weighted by molar-refractivity contribution is -0.120. The Balaban J connectivity index is 2.24. The highest BCUT2D eigenvalue weighted by molar-refractivity contribution is 5.79. The average Bonchev–Trinajstić information content (AvgIpc) is 2.34. The van der Waals surface area contributed by atoms with Crippen LogP contribution in [-0.4, -0.2) is 18.0 Å². The Hall–Kier alpha value is -0.570. The van der Waals surface area contributed by atoms with Gasteiger partial charge in [-0.05, 0) is 19.3 Å². The largest absolute Gasteiger partial charge is 0.368 e. The van der Waals surface area contributed by atoms with E-state index in [1.807, 2.05) is 0 Å². The highest BCUT2D eigenvalue weighted by Crippen LogP contribution is 2.18. The third-order valence-electron chi connectivity index (χ3n) is 3.73. The number of amides is 1. The van der Waals surface area contributed by atoms with Gasteiger partial charge in [-0.2, -0.15) is 0 Å². The molecule has 3 N–H and O–H groups in total. The van der Waals surface area contributed by atoms with E-state index in [0.717, 1.165) is 12.8 Å². The van der Waals surface area contributed by atoms with Gasteiger partial charge in [0.2, 0.25) is 5.91 Å². The van der Waals surface area contributed by atoms with Crippen molar-refractivity contribution in [2.24, 2.45) is 5.73 Å². The van der Waals surface area contributed by atoms with E-state index in [-0.39, 0.29) is 11.9 Å². The number of nitrogens with two attached hydrogens (primary N) is 1. The van der Waals surface area contributed by atoms with Crippen molar-refractivity contribution in [3.8, 4) is 0 Å². The van der Waals surface area contributed by atoms with E-state index in [0.29, 0.717) is 6.04 Å². The van der Waals surface area contributed by atoms with Crippen LogP contribution >= 0.6 is 0 Å². The number of rotatable bonds is 8. The van der Waals surface area contributed by atoms with Crippen LogP contribution in [0.3, 0.4) is 0 Å². The van der Waals surface area contributed by atoms with E-state index in [4.69, 9.17) is 5.73 Å². The molecule has 1 unspecified atom stereocenters. The lowest BCUT2D eigenvalue weighted by Crippen LogP contribution is -2.47. The Labute approximate surface area is 106 Å². The van der Waals surface area contributed by atoms with E-state index in [1.54, 1.807) is 0 Å². The minimum atomic E-state index is -0.174. The summed E-state index contributed by atoms with van der Waals surface area (Å²) in [5, 5.41) is 3.46. The monoisotopic (exact) mass is 240 g/mol. The van der Waals surface area contributed by atoms with E-state index in [9.17, 15) is 4.79 Å². The van der Waals surface area contributed by atoms with E-state index in [2.05, 4.69) is 12.2 Å². The maximum Gasteiger partial charge on any atom is 0.234 e. The quantitative estimate of drug-likeness (QED) is 0.641. The molecule has 0 aromatic rings. The Morgan fingerprint density at radius 2 is 1.94 bits per heavy atom. The van der Waals surface area contributed by atoms with Crippen LogP contribution in [0, 0.1) is 0 Å². The number of unbranched alkanes of at least 4 members (excludes halogenated alkanes) is 3. The maximum absolute atomic E-state index is 11.4. The maximum atomic E-state index is 11.4. The molecule has 0 aliphatic heterocycles. The number of hydrogen-bond acceptors (Lipinski definition) is 2. The first kappa shape index (κ1) is 14.5. The van der Waals surface area contributed by atoms with Crippen molar-refractivity contribution < 1.29 is 4.79 Å². The van der Waals surface area contributed by atoms with Gasteiger partial charge >= 0.3 is 0 Å². The summed E-state index contributed by atoms with van der Waals surface area (Å²) in [7, 11) is 0. The third kappa shape index (κ3) is 6.06. The van der Waals surface area contributed by atoms with E-state index < -0.39 is 0 Å². The van der Waals surface area contributed by atoms with Crippen molar-refractivity contribution in [3.63, 3.8) is 0 Å². The predicted molar refractivity (Wildman–Crippen MR) is 71.8 cm³/mol. The smallest absolute Gasteiger partial charge is 0.234 e. The van der Waals surface area contributed by atoms with Crippen LogP contribution in [0.1, 0.15) is 71.1 Å². The lowest BCUT2D eigenvalue weighted by atomic mass is 9.94. The molecule has 1 saturated carbocycles. The minimum absolute atomic E-state index is 0.102. The number of carbonyl (C=O) groups excluding carboxylic acids is 1. The van der Waals surface area contributed by atoms with Crippen molar-refractivity contribution in [2.75, 3.05) is 0 Å². The number of primary amides is 1. The first-order valence-corrected chi connectivity index (χ1v) is 7.29. The van der Waals surface area contributed by atoms with Gasteiger partial charge in [0.05, 0.1) is 6.04 Å². The molecule has 1 fully saturated rings. The number of hydrogen-bond donors (Lipinski definition) is 2. The third-order valence-corrected chi connectivity index (χ3v) is 3.73. The summed E-state index contributed by atoms with van der Waals surface area (Å²) in [5.74, 6) is -0.174. The summed E-state index contributed by atoms with van der Waals surface area (Å²) in [5.41, 5.74) is 5.47. The van der Waals surface area contributed by atoms with Crippen molar-refractivity contribution in [1.82, 2.24) is 5.32 Å². The summed E-state index contributed by atoms with van der Waals surface area (Å²) >= 11 is 0. The van der Waals surface area contributed by atoms with Crippen molar-refractivity contribution in [3.05, 3.63) is 0 Å². The van der Waals surface area contributed by atoms with Crippen LogP contribution in [0.4, 0.5) is 0 Å². The second-order valence-electron chi connectivity index (χ2n) is 5.31. The van der Waals surface area contributed by atoms with E-state index in [1.165, 1.54) is 51.4 Å². The molecular formula is C14H28N2O. The summed E-state index contributed by atoms with van der Waals surface area (Å²) < 4.78 is 0. The Morgan fingerprint density at radius 1 is 1.24 bits per heavy atom. The summed E-state index contributed by atoms with van der Waals surface area (Å²) in [4.78, 5) is 11.4. The van der Waals surface area contributed by atoms with Gasteiger partial charge in [-0.25, -0.2) is 0 Å². The topological polar surface area (TPSA) is 55.1 Å². The molecule has 0 bridgehead atoms. The molecular weight excluding hydrogens is 212 g/mol. The second-order valence-corrected chi connectivity index (χ2v) is 5.31. The molecule has 0 radical (unpaired) electrons. The van der Waals surface area contributed by atoms with Crippen molar-refractivity contribution in [1.29, 1.82) is 0 Å². The summed E-state index contributed by atoms with van der Waals surface area (Å²) in [6.45, 7) is 2.20. The second kappa shape index (κ2) is 8.51. The van der Waals surface area contributed by atoms with Crippen molar-refractivity contribution in [2.45, 2.75) is 83.2 Å². The molecule has 1 aliphatic carbocycles. The first-order valence-electron chi connectivity index (χ1n) is 7.29. The van der Waals surface area contributed by atoms with Crippen LogP contribution < -0.4 is 11.1 Å². The molecule has 17 heavy (non-hydrogen) atoms. The molecule has 1 atom stereocenters. The Bertz CT molecular complexity index is 212. The van der Waals surface area contributed by atoms with Gasteiger partial charge in [-0.1, -0.05) is 51.9 Å². The predicted octanol–water partition coefficient (Wildman–Crippen LogP) is 2.73. The molecule has 0 aromatic carbocycles.